The molecule has 1 aromatic carbocycles. The minimum Gasteiger partial charge on any atom is -0.491 e. The summed E-state index contributed by atoms with van der Waals surface area (Å²) in [5, 5.41) is 4.66. The molecule has 1 aliphatic rings. The van der Waals surface area contributed by atoms with Gasteiger partial charge in [0.2, 0.25) is 5.91 Å². The number of thiophene rings is 1. The summed E-state index contributed by atoms with van der Waals surface area (Å²) in [5.74, 6) is 0.639. The van der Waals surface area contributed by atoms with E-state index >= 15 is 0 Å². The first kappa shape index (κ1) is 20.8. The quantitative estimate of drug-likeness (QED) is 0.696. The smallest absolute Gasteiger partial charge is 0.252 e. The molecule has 152 valence electrons. The van der Waals surface area contributed by atoms with Crippen LogP contribution in [0.5, 0.6) is 5.75 Å². The van der Waals surface area contributed by atoms with Crippen molar-refractivity contribution in [3.05, 3.63) is 46.8 Å². The number of nitrogens with zero attached hydrogens (tertiary/aromatic N) is 1. The molecule has 0 radical (unpaired) electrons. The summed E-state index contributed by atoms with van der Waals surface area (Å²) in [6.45, 7) is 5.61. The first-order valence-electron chi connectivity index (χ1n) is 9.39. The number of nitrogens with one attached hydrogen (secondary N) is 1. The molecule has 1 fully saturated rings. The van der Waals surface area contributed by atoms with Gasteiger partial charge in [-0.05, 0) is 49.8 Å². The van der Waals surface area contributed by atoms with Crippen LogP contribution in [0.1, 0.15) is 24.0 Å². The summed E-state index contributed by atoms with van der Waals surface area (Å²) in [6, 6.07) is 9.35. The maximum Gasteiger partial charge on any atom is 0.252 e. The zero-order chi connectivity index (χ0) is 20.1. The first-order valence-corrected chi connectivity index (χ1v) is 11.7. The van der Waals surface area contributed by atoms with Gasteiger partial charge in [0.05, 0.1) is 6.54 Å². The second-order valence-corrected chi connectivity index (χ2v) is 10.1. The number of carbonyl (C=O) groups excluding carboxylic acids is 1. The molecule has 1 saturated heterocycles. The Kier molecular flexibility index (Phi) is 6.74. The second-order valence-electron chi connectivity index (χ2n) is 7.02. The summed E-state index contributed by atoms with van der Waals surface area (Å²) < 4.78 is 32.6. The van der Waals surface area contributed by atoms with Crippen molar-refractivity contribution in [2.45, 2.75) is 30.9 Å². The number of benzene rings is 1. The Morgan fingerprint density at radius 1 is 1.25 bits per heavy atom. The number of carbonyl (C=O) groups is 1. The maximum absolute atomic E-state index is 12.5. The minimum absolute atomic E-state index is 0.0302. The lowest BCUT2D eigenvalue weighted by molar-refractivity contribution is -0.126. The third kappa shape index (κ3) is 4.92. The number of hydrogen-bond donors (Lipinski definition) is 1. The monoisotopic (exact) mass is 422 g/mol. The Morgan fingerprint density at radius 3 is 2.64 bits per heavy atom. The van der Waals surface area contributed by atoms with E-state index in [9.17, 15) is 13.2 Å². The molecule has 2 heterocycles. The van der Waals surface area contributed by atoms with Crippen LogP contribution >= 0.6 is 11.3 Å². The van der Waals surface area contributed by atoms with Crippen LogP contribution in [0.3, 0.4) is 0 Å². The Morgan fingerprint density at radius 2 is 2.00 bits per heavy atom. The summed E-state index contributed by atoms with van der Waals surface area (Å²) >= 11 is 1.22. The van der Waals surface area contributed by atoms with Crippen molar-refractivity contribution in [2.75, 3.05) is 26.2 Å². The largest absolute Gasteiger partial charge is 0.491 e. The van der Waals surface area contributed by atoms with Gasteiger partial charge in [-0.15, -0.1) is 11.3 Å². The molecule has 1 amide bonds. The molecule has 0 atom stereocenters. The van der Waals surface area contributed by atoms with Gasteiger partial charge in [-0.1, -0.05) is 23.8 Å². The van der Waals surface area contributed by atoms with Crippen LogP contribution in [0.2, 0.25) is 0 Å². The highest BCUT2D eigenvalue weighted by atomic mass is 32.2. The van der Waals surface area contributed by atoms with Crippen molar-refractivity contribution in [1.29, 1.82) is 0 Å². The summed E-state index contributed by atoms with van der Waals surface area (Å²) in [5.41, 5.74) is 2.26. The number of amides is 1. The Balaban J connectivity index is 1.42. The Bertz CT molecular complexity index is 902. The van der Waals surface area contributed by atoms with Crippen molar-refractivity contribution >= 4 is 27.3 Å². The molecule has 0 saturated carbocycles. The van der Waals surface area contributed by atoms with Crippen molar-refractivity contribution in [3.63, 3.8) is 0 Å². The van der Waals surface area contributed by atoms with Gasteiger partial charge in [0.1, 0.15) is 16.6 Å². The zero-order valence-corrected chi connectivity index (χ0v) is 17.8. The molecular formula is C20H26N2O4S2. The van der Waals surface area contributed by atoms with Gasteiger partial charge >= 0.3 is 0 Å². The van der Waals surface area contributed by atoms with Crippen LogP contribution in [-0.4, -0.2) is 44.9 Å². The zero-order valence-electron chi connectivity index (χ0n) is 16.2. The standard InChI is InChI=1S/C20H26N2O4S2/c1-15-5-6-18(16(2)14-15)26-12-9-21-20(23)17-7-10-22(11-8-17)28(24,25)19-4-3-13-27-19/h3-6,13-14,17H,7-12H2,1-2H3,(H,21,23). The van der Waals surface area contributed by atoms with Crippen LogP contribution in [0, 0.1) is 19.8 Å². The topological polar surface area (TPSA) is 75.7 Å². The van der Waals surface area contributed by atoms with E-state index in [1.165, 1.54) is 21.2 Å². The van der Waals surface area contributed by atoms with E-state index in [4.69, 9.17) is 4.74 Å². The van der Waals surface area contributed by atoms with Crippen molar-refractivity contribution < 1.29 is 17.9 Å². The van der Waals surface area contributed by atoms with Crippen LogP contribution in [-0.2, 0) is 14.8 Å². The van der Waals surface area contributed by atoms with Crippen molar-refractivity contribution in [2.24, 2.45) is 5.92 Å². The lowest BCUT2D eigenvalue weighted by atomic mass is 9.97. The fourth-order valence-electron chi connectivity index (χ4n) is 3.34. The predicted octanol–water partition coefficient (Wildman–Crippen LogP) is 2.96. The van der Waals surface area contributed by atoms with Gasteiger partial charge in [-0.3, -0.25) is 4.79 Å². The van der Waals surface area contributed by atoms with Gasteiger partial charge in [-0.25, -0.2) is 8.42 Å². The van der Waals surface area contributed by atoms with E-state index in [1.807, 2.05) is 26.0 Å². The summed E-state index contributed by atoms with van der Waals surface area (Å²) in [4.78, 5) is 12.4. The fraction of sp³-hybridized carbons (Fsp3) is 0.450. The molecular weight excluding hydrogens is 396 g/mol. The van der Waals surface area contributed by atoms with E-state index in [-0.39, 0.29) is 11.8 Å². The molecule has 0 bridgehead atoms. The van der Waals surface area contributed by atoms with E-state index in [0.29, 0.717) is 43.3 Å². The average Bonchev–Trinajstić information content (AvgIpc) is 3.22. The second kappa shape index (κ2) is 9.07. The van der Waals surface area contributed by atoms with E-state index < -0.39 is 10.0 Å². The van der Waals surface area contributed by atoms with E-state index in [0.717, 1.165) is 11.3 Å². The SMILES string of the molecule is Cc1ccc(OCCNC(=O)C2CCN(S(=O)(=O)c3cccs3)CC2)c(C)c1. The molecule has 28 heavy (non-hydrogen) atoms. The minimum atomic E-state index is -3.43. The van der Waals surface area contributed by atoms with Gasteiger partial charge < -0.3 is 10.1 Å². The molecule has 1 aromatic heterocycles. The van der Waals surface area contributed by atoms with Crippen LogP contribution in [0.25, 0.3) is 0 Å². The van der Waals surface area contributed by atoms with Gasteiger partial charge in [0.25, 0.3) is 10.0 Å². The molecule has 1 aliphatic heterocycles. The number of ether oxygens (including phenoxy) is 1. The number of aryl methyl sites for hydroxylation is 2. The Hall–Kier alpha value is -1.90. The summed E-state index contributed by atoms with van der Waals surface area (Å²) in [7, 11) is -3.43. The van der Waals surface area contributed by atoms with E-state index in [1.54, 1.807) is 17.5 Å². The number of sulfonamides is 1. The third-order valence-electron chi connectivity index (χ3n) is 4.90. The fourth-order valence-corrected chi connectivity index (χ4v) is 5.95. The third-order valence-corrected chi connectivity index (χ3v) is 8.17. The molecule has 0 unspecified atom stereocenters. The highest BCUT2D eigenvalue weighted by molar-refractivity contribution is 7.91. The van der Waals surface area contributed by atoms with Crippen LogP contribution < -0.4 is 10.1 Å². The molecule has 3 rings (SSSR count). The van der Waals surface area contributed by atoms with Gasteiger partial charge in [-0.2, -0.15) is 4.31 Å². The van der Waals surface area contributed by atoms with E-state index in [2.05, 4.69) is 11.4 Å². The lowest BCUT2D eigenvalue weighted by Gasteiger charge is -2.30. The predicted molar refractivity (Wildman–Crippen MR) is 110 cm³/mol. The molecule has 6 nitrogen and oxygen atoms in total. The van der Waals surface area contributed by atoms with Crippen LogP contribution in [0.15, 0.2) is 39.9 Å². The van der Waals surface area contributed by atoms with Gasteiger partial charge in [0.15, 0.2) is 0 Å². The normalized spacial score (nSPS) is 16.1. The average molecular weight is 423 g/mol. The van der Waals surface area contributed by atoms with Crippen molar-refractivity contribution in [3.8, 4) is 5.75 Å². The molecule has 2 aromatic rings. The number of rotatable bonds is 7. The van der Waals surface area contributed by atoms with Crippen LogP contribution in [0.4, 0.5) is 0 Å². The number of hydrogen-bond acceptors (Lipinski definition) is 5. The molecule has 8 heteroatoms. The highest BCUT2D eigenvalue weighted by Gasteiger charge is 2.32. The van der Waals surface area contributed by atoms with Gasteiger partial charge in [0, 0.05) is 19.0 Å². The number of piperidine rings is 1. The highest BCUT2D eigenvalue weighted by Crippen LogP contribution is 2.26. The maximum atomic E-state index is 12.5. The van der Waals surface area contributed by atoms with Crippen molar-refractivity contribution in [1.82, 2.24) is 9.62 Å². The molecule has 1 N–H and O–H groups in total. The molecule has 0 aliphatic carbocycles. The molecule has 0 spiro atoms. The Labute approximate surface area is 170 Å². The first-order chi connectivity index (χ1) is 13.4. The summed E-state index contributed by atoms with van der Waals surface area (Å²) in [6.07, 6.45) is 1.07. The lowest BCUT2D eigenvalue weighted by Crippen LogP contribution is -2.43.